The summed E-state index contributed by atoms with van der Waals surface area (Å²) in [5, 5.41) is 3.32. The van der Waals surface area contributed by atoms with Gasteiger partial charge in [0, 0.05) is 26.7 Å². The van der Waals surface area contributed by atoms with E-state index in [9.17, 15) is 4.79 Å². The van der Waals surface area contributed by atoms with Crippen LogP contribution < -0.4 is 5.32 Å². The van der Waals surface area contributed by atoms with Crippen molar-refractivity contribution in [2.24, 2.45) is 4.99 Å². The number of nitrogens with zero attached hydrogens (tertiary/aromatic N) is 2. The number of halogens is 1. The van der Waals surface area contributed by atoms with Crippen LogP contribution in [-0.4, -0.2) is 69.5 Å². The van der Waals surface area contributed by atoms with Gasteiger partial charge < -0.3 is 28.8 Å². The number of nitrogens with one attached hydrogen (secondary N) is 1. The van der Waals surface area contributed by atoms with E-state index in [-0.39, 0.29) is 42.2 Å². The van der Waals surface area contributed by atoms with Crippen molar-refractivity contribution in [2.45, 2.75) is 57.8 Å². The first kappa shape index (κ1) is 24.9. The van der Waals surface area contributed by atoms with Crippen LogP contribution in [-0.2, 0) is 20.8 Å². The minimum absolute atomic E-state index is 0. The summed E-state index contributed by atoms with van der Waals surface area (Å²) in [6.07, 6.45) is 6.01. The van der Waals surface area contributed by atoms with E-state index in [2.05, 4.69) is 15.2 Å². The van der Waals surface area contributed by atoms with E-state index in [1.54, 1.807) is 20.0 Å². The van der Waals surface area contributed by atoms with Crippen molar-refractivity contribution in [1.29, 1.82) is 0 Å². The molecular weight excluding hydrogens is 501 g/mol. The fourth-order valence-corrected chi connectivity index (χ4v) is 3.86. The Kier molecular flexibility index (Phi) is 10.4. The van der Waals surface area contributed by atoms with Crippen LogP contribution >= 0.6 is 24.0 Å². The minimum Gasteiger partial charge on any atom is -0.465 e. The Bertz CT molecular complexity index is 695. The quantitative estimate of drug-likeness (QED) is 0.259. The molecule has 0 spiro atoms. The Hall–Kier alpha value is -1.33. The van der Waals surface area contributed by atoms with Crippen LogP contribution in [0.25, 0.3) is 0 Å². The van der Waals surface area contributed by atoms with E-state index in [1.807, 2.05) is 0 Å². The molecule has 1 aromatic rings. The summed E-state index contributed by atoms with van der Waals surface area (Å²) in [5.74, 6) is 1.67. The van der Waals surface area contributed by atoms with Gasteiger partial charge in [0.15, 0.2) is 5.96 Å². The molecule has 2 aliphatic rings. The normalized spacial score (nSPS) is 20.6. The molecule has 1 N–H and O–H groups in total. The van der Waals surface area contributed by atoms with E-state index < -0.39 is 0 Å². The van der Waals surface area contributed by atoms with Gasteiger partial charge in [0.2, 0.25) is 0 Å². The third-order valence-corrected chi connectivity index (χ3v) is 5.54. The molecule has 0 bridgehead atoms. The lowest BCUT2D eigenvalue weighted by atomic mass is 10.1. The van der Waals surface area contributed by atoms with Crippen molar-refractivity contribution >= 4 is 35.9 Å². The minimum atomic E-state index is -0.386. The summed E-state index contributed by atoms with van der Waals surface area (Å²) in [6, 6.07) is 1.72. The Balaban J connectivity index is 0.00000320. The zero-order valence-corrected chi connectivity index (χ0v) is 20.5. The highest BCUT2D eigenvalue weighted by molar-refractivity contribution is 14.0. The van der Waals surface area contributed by atoms with Crippen molar-refractivity contribution in [2.75, 3.05) is 40.5 Å². The highest BCUT2D eigenvalue weighted by atomic mass is 127. The van der Waals surface area contributed by atoms with Gasteiger partial charge >= 0.3 is 5.97 Å². The number of hydrogen-bond donors (Lipinski definition) is 1. The first-order valence-electron chi connectivity index (χ1n) is 10.5. The highest BCUT2D eigenvalue weighted by Crippen LogP contribution is 2.19. The zero-order chi connectivity index (χ0) is 20.6. The smallest absolute Gasteiger partial charge is 0.341 e. The third-order valence-electron chi connectivity index (χ3n) is 5.54. The van der Waals surface area contributed by atoms with Crippen LogP contribution in [0.5, 0.6) is 0 Å². The number of carbonyl (C=O) groups excluding carboxylic acids is 1. The van der Waals surface area contributed by atoms with Crippen LogP contribution in [0.3, 0.4) is 0 Å². The second kappa shape index (κ2) is 12.5. The molecule has 3 rings (SSSR count). The fourth-order valence-electron chi connectivity index (χ4n) is 3.86. The first-order chi connectivity index (χ1) is 14.1. The van der Waals surface area contributed by atoms with E-state index in [0.717, 1.165) is 44.9 Å². The number of esters is 1. The molecule has 1 aromatic heterocycles. The highest BCUT2D eigenvalue weighted by Gasteiger charge is 2.24. The number of ether oxygens (including phenoxy) is 3. The number of furan rings is 1. The standard InChI is InChI=1S/C21H33N3O5.HI/c1-15-19(20(25)26-3)12-18(29-15)13-23-21(22-2)24-9-7-16(8-10-24)28-14-17-6-4-5-11-27-17;/h12,16-17H,4-11,13-14H2,1-3H3,(H,22,23);1H. The number of piperidine rings is 1. The largest absolute Gasteiger partial charge is 0.465 e. The van der Waals surface area contributed by atoms with E-state index in [0.29, 0.717) is 30.2 Å². The molecule has 9 heteroatoms. The predicted octanol–water partition coefficient (Wildman–Crippen LogP) is 3.12. The average molecular weight is 535 g/mol. The van der Waals surface area contributed by atoms with E-state index in [4.69, 9.17) is 18.6 Å². The SMILES string of the molecule is CN=C(NCc1cc(C(=O)OC)c(C)o1)N1CCC(OCC2CCCCO2)CC1.I. The Morgan fingerprint density at radius 1 is 1.30 bits per heavy atom. The maximum absolute atomic E-state index is 11.7. The Morgan fingerprint density at radius 2 is 2.07 bits per heavy atom. The molecule has 1 atom stereocenters. The van der Waals surface area contributed by atoms with Crippen molar-refractivity contribution in [3.63, 3.8) is 0 Å². The molecule has 170 valence electrons. The number of carbonyl (C=O) groups is 1. The topological polar surface area (TPSA) is 85.5 Å². The summed E-state index contributed by atoms with van der Waals surface area (Å²) in [5.41, 5.74) is 0.458. The molecular formula is C21H34IN3O5. The summed E-state index contributed by atoms with van der Waals surface area (Å²) in [7, 11) is 3.14. The van der Waals surface area contributed by atoms with Crippen molar-refractivity contribution in [3.05, 3.63) is 23.2 Å². The lowest BCUT2D eigenvalue weighted by Gasteiger charge is -2.35. The molecule has 0 aromatic carbocycles. The van der Waals surface area contributed by atoms with Gasteiger partial charge in [0.25, 0.3) is 0 Å². The molecule has 8 nitrogen and oxygen atoms in total. The van der Waals surface area contributed by atoms with Crippen LogP contribution in [0.15, 0.2) is 15.5 Å². The van der Waals surface area contributed by atoms with Gasteiger partial charge in [-0.05, 0) is 45.1 Å². The van der Waals surface area contributed by atoms with Gasteiger partial charge in [-0.2, -0.15) is 0 Å². The Labute approximate surface area is 195 Å². The maximum atomic E-state index is 11.7. The molecule has 0 saturated carbocycles. The molecule has 2 saturated heterocycles. The third kappa shape index (κ3) is 6.84. The van der Waals surface area contributed by atoms with Gasteiger partial charge in [-0.3, -0.25) is 4.99 Å². The second-order valence-corrected chi connectivity index (χ2v) is 7.58. The number of aliphatic imine (C=N–C) groups is 1. The molecule has 0 radical (unpaired) electrons. The molecule has 0 aliphatic carbocycles. The summed E-state index contributed by atoms with van der Waals surface area (Å²) < 4.78 is 22.3. The van der Waals surface area contributed by atoms with Crippen molar-refractivity contribution in [1.82, 2.24) is 10.2 Å². The van der Waals surface area contributed by atoms with Gasteiger partial charge in [0.1, 0.15) is 17.1 Å². The lowest BCUT2D eigenvalue weighted by Crippen LogP contribution is -2.47. The van der Waals surface area contributed by atoms with Crippen LogP contribution in [0.4, 0.5) is 0 Å². The summed E-state index contributed by atoms with van der Waals surface area (Å²) in [6.45, 7) is 5.57. The van der Waals surface area contributed by atoms with Crippen LogP contribution in [0, 0.1) is 6.92 Å². The molecule has 1 unspecified atom stereocenters. The van der Waals surface area contributed by atoms with Crippen molar-refractivity contribution < 1.29 is 23.4 Å². The zero-order valence-electron chi connectivity index (χ0n) is 18.1. The first-order valence-corrected chi connectivity index (χ1v) is 10.5. The number of rotatable bonds is 6. The Morgan fingerprint density at radius 3 is 2.70 bits per heavy atom. The van der Waals surface area contributed by atoms with Crippen molar-refractivity contribution in [3.8, 4) is 0 Å². The molecule has 3 heterocycles. The number of aryl methyl sites for hydroxylation is 1. The number of hydrogen-bond acceptors (Lipinski definition) is 6. The lowest BCUT2D eigenvalue weighted by molar-refractivity contribution is -0.0721. The van der Waals surface area contributed by atoms with E-state index >= 15 is 0 Å². The average Bonchev–Trinajstić information content (AvgIpc) is 3.14. The van der Waals surface area contributed by atoms with Gasteiger partial charge in [-0.15, -0.1) is 24.0 Å². The van der Waals surface area contributed by atoms with Gasteiger partial charge in [-0.1, -0.05) is 0 Å². The predicted molar refractivity (Wildman–Crippen MR) is 125 cm³/mol. The number of methoxy groups -OCH3 is 1. The van der Waals surface area contributed by atoms with Gasteiger partial charge in [0.05, 0.1) is 32.5 Å². The maximum Gasteiger partial charge on any atom is 0.341 e. The molecule has 0 amide bonds. The summed E-state index contributed by atoms with van der Waals surface area (Å²) in [4.78, 5) is 18.3. The second-order valence-electron chi connectivity index (χ2n) is 7.58. The number of likely N-dealkylation sites (tertiary alicyclic amines) is 1. The number of guanidine groups is 1. The van der Waals surface area contributed by atoms with Crippen LogP contribution in [0.2, 0.25) is 0 Å². The van der Waals surface area contributed by atoms with E-state index in [1.165, 1.54) is 20.0 Å². The van der Waals surface area contributed by atoms with Crippen LogP contribution in [0.1, 0.15) is 54.0 Å². The molecule has 2 fully saturated rings. The fraction of sp³-hybridized carbons (Fsp3) is 0.714. The monoisotopic (exact) mass is 535 g/mol. The molecule has 2 aliphatic heterocycles. The summed E-state index contributed by atoms with van der Waals surface area (Å²) >= 11 is 0. The van der Waals surface area contributed by atoms with Gasteiger partial charge in [-0.25, -0.2) is 4.79 Å². The molecule has 30 heavy (non-hydrogen) atoms.